The van der Waals surface area contributed by atoms with Crippen LogP contribution in [0.1, 0.15) is 58.8 Å². The van der Waals surface area contributed by atoms with Crippen LogP contribution in [-0.2, 0) is 19.2 Å². The van der Waals surface area contributed by atoms with E-state index < -0.39 is 12.1 Å². The van der Waals surface area contributed by atoms with Crippen LogP contribution in [0.25, 0.3) is 0 Å². The molecular weight excluding hydrogens is 334 g/mol. The van der Waals surface area contributed by atoms with Gasteiger partial charge in [0.15, 0.2) is 0 Å². The zero-order valence-electron chi connectivity index (χ0n) is 15.8. The molecule has 0 unspecified atom stereocenters. The highest BCUT2D eigenvalue weighted by Crippen LogP contribution is 2.28. The molecule has 0 bridgehead atoms. The molecule has 2 aliphatic rings. The molecule has 0 aromatic heterocycles. The van der Waals surface area contributed by atoms with Crippen molar-refractivity contribution in [3.63, 3.8) is 0 Å². The third-order valence-electron chi connectivity index (χ3n) is 5.28. The quantitative estimate of drug-likeness (QED) is 0.647. The van der Waals surface area contributed by atoms with Crippen molar-refractivity contribution in [1.82, 2.24) is 16.0 Å². The molecule has 0 aromatic carbocycles. The Bertz CT molecular complexity index is 535. The third-order valence-corrected chi connectivity index (χ3v) is 5.28. The average Bonchev–Trinajstić information content (AvgIpc) is 2.92. The predicted octanol–water partition coefficient (Wildman–Crippen LogP) is 0.917. The molecule has 0 saturated carbocycles. The van der Waals surface area contributed by atoms with Gasteiger partial charge in [-0.15, -0.1) is 0 Å². The van der Waals surface area contributed by atoms with Gasteiger partial charge in [-0.3, -0.25) is 14.4 Å². The summed E-state index contributed by atoms with van der Waals surface area (Å²) in [6.07, 6.45) is 5.45. The maximum atomic E-state index is 12.6. The van der Waals surface area contributed by atoms with Crippen LogP contribution in [0.15, 0.2) is 0 Å². The minimum Gasteiger partial charge on any atom is -0.356 e. The summed E-state index contributed by atoms with van der Waals surface area (Å²) in [5, 5.41) is 8.41. The minimum atomic E-state index is -0.714. The second-order valence-electron chi connectivity index (χ2n) is 7.95. The van der Waals surface area contributed by atoms with Gasteiger partial charge < -0.3 is 20.7 Å². The van der Waals surface area contributed by atoms with Crippen LogP contribution in [0.4, 0.5) is 0 Å². The van der Waals surface area contributed by atoms with Gasteiger partial charge in [0.1, 0.15) is 12.3 Å². The smallest absolute Gasteiger partial charge is 0.243 e. The van der Waals surface area contributed by atoms with Crippen LogP contribution in [0.2, 0.25) is 0 Å². The first kappa shape index (κ1) is 20.4. The molecule has 2 aliphatic heterocycles. The zero-order chi connectivity index (χ0) is 19.1. The molecule has 2 fully saturated rings. The first-order valence-electron chi connectivity index (χ1n) is 9.73. The number of hydrogen-bond donors (Lipinski definition) is 3. The van der Waals surface area contributed by atoms with Crippen molar-refractivity contribution >= 4 is 24.0 Å². The summed E-state index contributed by atoms with van der Waals surface area (Å²) in [5.41, 5.74) is 0. The molecule has 26 heavy (non-hydrogen) atoms. The van der Waals surface area contributed by atoms with Crippen LogP contribution in [0.5, 0.6) is 0 Å². The van der Waals surface area contributed by atoms with Gasteiger partial charge in [0.2, 0.25) is 17.7 Å². The Kier molecular flexibility index (Phi) is 7.60. The number of carbonyl (C=O) groups excluding carboxylic acids is 4. The highest BCUT2D eigenvalue weighted by atomic mass is 16.2. The molecular formula is C19H31N3O4. The van der Waals surface area contributed by atoms with E-state index in [-0.39, 0.29) is 35.5 Å². The van der Waals surface area contributed by atoms with Gasteiger partial charge in [0, 0.05) is 18.9 Å². The predicted molar refractivity (Wildman–Crippen MR) is 97.1 cm³/mol. The van der Waals surface area contributed by atoms with E-state index in [2.05, 4.69) is 16.0 Å². The van der Waals surface area contributed by atoms with Crippen LogP contribution in [0.3, 0.4) is 0 Å². The van der Waals surface area contributed by atoms with Crippen molar-refractivity contribution in [2.45, 2.75) is 70.9 Å². The van der Waals surface area contributed by atoms with Gasteiger partial charge >= 0.3 is 0 Å². The highest BCUT2D eigenvalue weighted by Gasteiger charge is 2.36. The van der Waals surface area contributed by atoms with Crippen LogP contribution < -0.4 is 16.0 Å². The molecule has 3 N–H and O–H groups in total. The van der Waals surface area contributed by atoms with E-state index in [1.54, 1.807) is 0 Å². The fraction of sp³-hybridized carbons (Fsp3) is 0.789. The molecule has 4 atom stereocenters. The molecule has 0 spiro atoms. The monoisotopic (exact) mass is 365 g/mol. The van der Waals surface area contributed by atoms with E-state index in [4.69, 9.17) is 0 Å². The van der Waals surface area contributed by atoms with Crippen LogP contribution in [-0.4, -0.2) is 42.6 Å². The molecule has 2 rings (SSSR count). The Hall–Kier alpha value is -1.92. The number of rotatable bonds is 3. The Labute approximate surface area is 155 Å². The Morgan fingerprint density at radius 1 is 1.08 bits per heavy atom. The lowest BCUT2D eigenvalue weighted by atomic mass is 9.85. The number of nitrogens with one attached hydrogen (secondary N) is 3. The second kappa shape index (κ2) is 9.69. The zero-order valence-corrected chi connectivity index (χ0v) is 15.8. The van der Waals surface area contributed by atoms with Gasteiger partial charge in [-0.05, 0) is 37.5 Å². The van der Waals surface area contributed by atoms with E-state index in [0.29, 0.717) is 32.1 Å². The number of aldehydes is 1. The van der Waals surface area contributed by atoms with E-state index in [1.807, 2.05) is 13.8 Å². The lowest BCUT2D eigenvalue weighted by Crippen LogP contribution is -2.51. The van der Waals surface area contributed by atoms with Gasteiger partial charge in [0.05, 0.1) is 6.04 Å². The molecule has 7 heteroatoms. The van der Waals surface area contributed by atoms with E-state index in [1.165, 1.54) is 0 Å². The fourth-order valence-corrected chi connectivity index (χ4v) is 3.87. The van der Waals surface area contributed by atoms with Gasteiger partial charge in [0.25, 0.3) is 0 Å². The van der Waals surface area contributed by atoms with Crippen LogP contribution in [0, 0.1) is 17.8 Å². The second-order valence-corrected chi connectivity index (χ2v) is 7.95. The summed E-state index contributed by atoms with van der Waals surface area (Å²) in [6.45, 7) is 4.59. The molecule has 0 aliphatic carbocycles. The van der Waals surface area contributed by atoms with Crippen molar-refractivity contribution in [2.24, 2.45) is 17.8 Å². The van der Waals surface area contributed by atoms with E-state index in [0.717, 1.165) is 25.7 Å². The molecule has 0 aromatic rings. The van der Waals surface area contributed by atoms with E-state index in [9.17, 15) is 19.2 Å². The Balaban J connectivity index is 2.14. The maximum Gasteiger partial charge on any atom is 0.243 e. The Morgan fingerprint density at radius 2 is 1.85 bits per heavy atom. The topological polar surface area (TPSA) is 104 Å². The number of fused-ring (bicyclic) bond motifs is 1. The van der Waals surface area contributed by atoms with E-state index >= 15 is 0 Å². The number of carbonyl (C=O) groups is 4. The number of amides is 3. The lowest BCUT2D eigenvalue weighted by molar-refractivity contribution is -0.131. The summed E-state index contributed by atoms with van der Waals surface area (Å²) < 4.78 is 0. The molecule has 2 saturated heterocycles. The molecule has 146 valence electrons. The molecule has 2 heterocycles. The molecule has 0 radical (unpaired) electrons. The first-order valence-corrected chi connectivity index (χ1v) is 9.73. The summed E-state index contributed by atoms with van der Waals surface area (Å²) in [7, 11) is 0. The van der Waals surface area contributed by atoms with Gasteiger partial charge in [-0.2, -0.15) is 0 Å². The van der Waals surface area contributed by atoms with Crippen LogP contribution >= 0.6 is 0 Å². The largest absolute Gasteiger partial charge is 0.356 e. The lowest BCUT2D eigenvalue weighted by Gasteiger charge is -2.25. The van der Waals surface area contributed by atoms with Gasteiger partial charge in [-0.1, -0.05) is 26.7 Å². The standard InChI is InChI=1S/C19H31N3O4/c1-12(2)8-16-19(26)21-14(11-23)9-15-13(10-20-18(15)25)6-4-3-5-7-17(24)22-16/h11-16H,3-10H2,1-2H3,(H,20,25)(H,21,26)(H,22,24)/t13-,14-,15+,16-/m0/s1. The Morgan fingerprint density at radius 3 is 2.54 bits per heavy atom. The first-order chi connectivity index (χ1) is 12.4. The highest BCUT2D eigenvalue weighted by molar-refractivity contribution is 5.89. The van der Waals surface area contributed by atoms with Crippen molar-refractivity contribution in [3.05, 3.63) is 0 Å². The molecule has 7 nitrogen and oxygen atoms in total. The fourth-order valence-electron chi connectivity index (χ4n) is 3.87. The minimum absolute atomic E-state index is 0.0322. The summed E-state index contributed by atoms with van der Waals surface area (Å²) in [4.78, 5) is 48.4. The number of hydrogen-bond acceptors (Lipinski definition) is 4. The van der Waals surface area contributed by atoms with Gasteiger partial charge in [-0.25, -0.2) is 0 Å². The SMILES string of the molecule is CC(C)C[C@@H]1NC(=O)CCCCC[C@H]2CNC(=O)[C@@H]2C[C@@H](C=O)NC1=O. The third kappa shape index (κ3) is 5.81. The van der Waals surface area contributed by atoms with Crippen molar-refractivity contribution in [2.75, 3.05) is 6.54 Å². The normalized spacial score (nSPS) is 31.4. The summed E-state index contributed by atoms with van der Waals surface area (Å²) in [5.74, 6) is -0.339. The molecule has 3 amide bonds. The van der Waals surface area contributed by atoms with Crippen molar-refractivity contribution in [3.8, 4) is 0 Å². The maximum absolute atomic E-state index is 12.6. The summed E-state index contributed by atoms with van der Waals surface area (Å²) >= 11 is 0. The van der Waals surface area contributed by atoms with Crippen molar-refractivity contribution in [1.29, 1.82) is 0 Å². The summed E-state index contributed by atoms with van der Waals surface area (Å²) in [6, 6.07) is -1.37. The van der Waals surface area contributed by atoms with Crippen molar-refractivity contribution < 1.29 is 19.2 Å². The average molecular weight is 365 g/mol.